The lowest BCUT2D eigenvalue weighted by Gasteiger charge is -2.33. The van der Waals surface area contributed by atoms with Crippen LogP contribution in [0.5, 0.6) is 0 Å². The van der Waals surface area contributed by atoms with Crippen LogP contribution in [0.25, 0.3) is 5.65 Å². The van der Waals surface area contributed by atoms with Gasteiger partial charge in [-0.2, -0.15) is 0 Å². The summed E-state index contributed by atoms with van der Waals surface area (Å²) < 4.78 is 6.40. The van der Waals surface area contributed by atoms with Gasteiger partial charge in [-0.25, -0.2) is 4.98 Å². The van der Waals surface area contributed by atoms with Crippen molar-refractivity contribution < 1.29 is 9.53 Å². The van der Waals surface area contributed by atoms with Crippen molar-refractivity contribution in [3.05, 3.63) is 46.5 Å². The Balaban J connectivity index is 1.88. The van der Waals surface area contributed by atoms with E-state index in [1.165, 1.54) is 17.6 Å². The fourth-order valence-corrected chi connectivity index (χ4v) is 2.98. The van der Waals surface area contributed by atoms with Crippen LogP contribution in [0.2, 0.25) is 0 Å². The summed E-state index contributed by atoms with van der Waals surface area (Å²) in [4.78, 5) is 30.6. The predicted octanol–water partition coefficient (Wildman–Crippen LogP) is 1.22. The van der Waals surface area contributed by atoms with Gasteiger partial charge < -0.3 is 4.74 Å². The van der Waals surface area contributed by atoms with E-state index in [1.807, 2.05) is 6.07 Å². The van der Waals surface area contributed by atoms with E-state index < -0.39 is 0 Å². The topological polar surface area (TPSA) is 63.9 Å². The number of aromatic nitrogens is 2. The number of fused-ring (bicyclic) bond motifs is 1. The molecule has 22 heavy (non-hydrogen) atoms. The van der Waals surface area contributed by atoms with Crippen LogP contribution in [-0.2, 0) is 16.1 Å². The van der Waals surface area contributed by atoms with Crippen LogP contribution in [0.15, 0.2) is 35.3 Å². The third-order valence-corrected chi connectivity index (χ3v) is 4.08. The van der Waals surface area contributed by atoms with Gasteiger partial charge >= 0.3 is 5.97 Å². The predicted molar refractivity (Wildman–Crippen MR) is 81.5 cm³/mol. The highest BCUT2D eigenvalue weighted by Gasteiger charge is 2.29. The van der Waals surface area contributed by atoms with E-state index in [4.69, 9.17) is 4.74 Å². The molecule has 0 aliphatic carbocycles. The van der Waals surface area contributed by atoms with Crippen LogP contribution in [0.4, 0.5) is 0 Å². The lowest BCUT2D eigenvalue weighted by molar-refractivity contribution is -0.148. The van der Waals surface area contributed by atoms with Crippen molar-refractivity contribution >= 4 is 11.6 Å². The summed E-state index contributed by atoms with van der Waals surface area (Å²) in [5, 5.41) is 0. The van der Waals surface area contributed by atoms with Gasteiger partial charge in [0.05, 0.1) is 12.8 Å². The molecule has 0 radical (unpaired) electrons. The minimum atomic E-state index is -0.241. The molecular weight excluding hydrogens is 282 g/mol. The highest BCUT2D eigenvalue weighted by Crippen LogP contribution is 2.20. The molecule has 3 rings (SSSR count). The van der Waals surface area contributed by atoms with Crippen LogP contribution in [0, 0.1) is 0 Å². The first-order chi connectivity index (χ1) is 10.7. The van der Waals surface area contributed by atoms with E-state index in [9.17, 15) is 9.59 Å². The number of esters is 1. The van der Waals surface area contributed by atoms with Gasteiger partial charge in [-0.1, -0.05) is 12.5 Å². The molecule has 0 N–H and O–H groups in total. The Morgan fingerprint density at radius 3 is 3.09 bits per heavy atom. The molecule has 1 atom stereocenters. The molecule has 116 valence electrons. The summed E-state index contributed by atoms with van der Waals surface area (Å²) in [5.41, 5.74) is 1.20. The summed E-state index contributed by atoms with van der Waals surface area (Å²) >= 11 is 0. The molecule has 0 saturated carbocycles. The SMILES string of the molecule is COC(=O)[C@H]1CCCCN1Cc1cc(=O)n2ccccc2n1. The summed E-state index contributed by atoms with van der Waals surface area (Å²) in [7, 11) is 1.41. The van der Waals surface area contributed by atoms with E-state index in [0.29, 0.717) is 17.9 Å². The zero-order chi connectivity index (χ0) is 15.5. The van der Waals surface area contributed by atoms with E-state index in [1.54, 1.807) is 18.3 Å². The molecule has 1 aliphatic heterocycles. The molecule has 1 aliphatic rings. The van der Waals surface area contributed by atoms with Crippen LogP contribution in [0.3, 0.4) is 0 Å². The first-order valence-corrected chi connectivity index (χ1v) is 7.48. The van der Waals surface area contributed by atoms with Crippen molar-refractivity contribution in [2.24, 2.45) is 0 Å². The molecule has 2 aromatic heterocycles. The number of hydrogen-bond acceptors (Lipinski definition) is 5. The first-order valence-electron chi connectivity index (χ1n) is 7.48. The maximum atomic E-state index is 12.1. The molecular formula is C16H19N3O3. The molecule has 6 nitrogen and oxygen atoms in total. The number of likely N-dealkylation sites (tertiary alicyclic amines) is 1. The number of methoxy groups -OCH3 is 1. The average Bonchev–Trinajstić information content (AvgIpc) is 2.55. The van der Waals surface area contributed by atoms with Crippen molar-refractivity contribution in [2.75, 3.05) is 13.7 Å². The number of carbonyl (C=O) groups excluding carboxylic acids is 1. The largest absolute Gasteiger partial charge is 0.468 e. The molecule has 0 amide bonds. The highest BCUT2D eigenvalue weighted by atomic mass is 16.5. The fourth-order valence-electron chi connectivity index (χ4n) is 2.98. The quantitative estimate of drug-likeness (QED) is 0.798. The second-order valence-corrected chi connectivity index (χ2v) is 5.52. The van der Waals surface area contributed by atoms with Crippen molar-refractivity contribution in [3.8, 4) is 0 Å². The summed E-state index contributed by atoms with van der Waals surface area (Å²) in [6, 6.07) is 6.75. The number of rotatable bonds is 3. The molecule has 1 saturated heterocycles. The standard InChI is InChI=1S/C16H19N3O3/c1-22-16(21)13-6-2-4-8-18(13)11-12-10-15(20)19-9-5-3-7-14(19)17-12/h3,5,7,9-10,13H,2,4,6,8,11H2,1H3/t13-/m1/s1. The molecule has 2 aromatic rings. The molecule has 6 heteroatoms. The second kappa shape index (κ2) is 6.27. The fraction of sp³-hybridized carbons (Fsp3) is 0.438. The van der Waals surface area contributed by atoms with E-state index in [0.717, 1.165) is 25.8 Å². The van der Waals surface area contributed by atoms with Crippen molar-refractivity contribution in [2.45, 2.75) is 31.8 Å². The highest BCUT2D eigenvalue weighted by molar-refractivity contribution is 5.75. The Bertz CT molecular complexity index is 741. The number of pyridine rings is 1. The molecule has 0 aromatic carbocycles. The van der Waals surface area contributed by atoms with Gasteiger partial charge in [0.1, 0.15) is 11.7 Å². The normalized spacial score (nSPS) is 19.2. The van der Waals surface area contributed by atoms with Crippen molar-refractivity contribution in [1.82, 2.24) is 14.3 Å². The average molecular weight is 301 g/mol. The third-order valence-electron chi connectivity index (χ3n) is 4.08. The minimum Gasteiger partial charge on any atom is -0.468 e. The molecule has 0 bridgehead atoms. The lowest BCUT2D eigenvalue weighted by Crippen LogP contribution is -2.44. The monoisotopic (exact) mass is 301 g/mol. The zero-order valence-corrected chi connectivity index (χ0v) is 12.6. The number of ether oxygens (including phenoxy) is 1. The zero-order valence-electron chi connectivity index (χ0n) is 12.6. The summed E-state index contributed by atoms with van der Waals surface area (Å²) in [5.74, 6) is -0.211. The summed E-state index contributed by atoms with van der Waals surface area (Å²) in [6.07, 6.45) is 4.55. The van der Waals surface area contributed by atoms with Gasteiger partial charge in [-0.05, 0) is 31.5 Å². The first kappa shape index (κ1) is 14.7. The number of hydrogen-bond donors (Lipinski definition) is 0. The Labute approximate surface area is 128 Å². The van der Waals surface area contributed by atoms with Gasteiger partial charge in [0.25, 0.3) is 5.56 Å². The van der Waals surface area contributed by atoms with Crippen LogP contribution < -0.4 is 5.56 Å². The number of carbonyl (C=O) groups is 1. The Kier molecular flexibility index (Phi) is 4.20. The molecule has 0 unspecified atom stereocenters. The van der Waals surface area contributed by atoms with Gasteiger partial charge in [0, 0.05) is 18.8 Å². The van der Waals surface area contributed by atoms with Gasteiger partial charge in [0.2, 0.25) is 0 Å². The number of piperidine rings is 1. The van der Waals surface area contributed by atoms with Crippen LogP contribution in [-0.4, -0.2) is 40.0 Å². The van der Waals surface area contributed by atoms with Crippen LogP contribution in [0.1, 0.15) is 25.0 Å². The minimum absolute atomic E-state index is 0.104. The van der Waals surface area contributed by atoms with E-state index in [2.05, 4.69) is 9.88 Å². The second-order valence-electron chi connectivity index (χ2n) is 5.52. The van der Waals surface area contributed by atoms with Gasteiger partial charge in [-0.15, -0.1) is 0 Å². The van der Waals surface area contributed by atoms with E-state index in [-0.39, 0.29) is 17.6 Å². The Morgan fingerprint density at radius 2 is 2.27 bits per heavy atom. The Morgan fingerprint density at radius 1 is 1.41 bits per heavy atom. The van der Waals surface area contributed by atoms with Crippen molar-refractivity contribution in [3.63, 3.8) is 0 Å². The lowest BCUT2D eigenvalue weighted by atomic mass is 10.0. The molecule has 3 heterocycles. The molecule has 1 fully saturated rings. The van der Waals surface area contributed by atoms with Gasteiger partial charge in [0.15, 0.2) is 0 Å². The number of nitrogens with zero attached hydrogens (tertiary/aromatic N) is 3. The van der Waals surface area contributed by atoms with Crippen LogP contribution >= 0.6 is 0 Å². The van der Waals surface area contributed by atoms with E-state index >= 15 is 0 Å². The van der Waals surface area contributed by atoms with Gasteiger partial charge in [-0.3, -0.25) is 18.9 Å². The maximum Gasteiger partial charge on any atom is 0.323 e. The smallest absolute Gasteiger partial charge is 0.323 e. The Hall–Kier alpha value is -2.21. The maximum absolute atomic E-state index is 12.1. The summed E-state index contributed by atoms with van der Waals surface area (Å²) in [6.45, 7) is 1.30. The third kappa shape index (κ3) is 2.87. The van der Waals surface area contributed by atoms with Crippen molar-refractivity contribution in [1.29, 1.82) is 0 Å². The molecule has 0 spiro atoms.